The third-order valence-corrected chi connectivity index (χ3v) is 3.99. The molecule has 0 unspecified atom stereocenters. The van der Waals surface area contributed by atoms with E-state index in [-0.39, 0.29) is 0 Å². The highest BCUT2D eigenvalue weighted by Gasteiger charge is 2.04. The zero-order valence-electron chi connectivity index (χ0n) is 12.9. The Morgan fingerprint density at radius 2 is 1.23 bits per heavy atom. The summed E-state index contributed by atoms with van der Waals surface area (Å²) < 4.78 is 0. The van der Waals surface area contributed by atoms with Gasteiger partial charge in [0.25, 0.3) is 0 Å². The van der Waals surface area contributed by atoms with E-state index in [1.165, 1.54) is 27.8 Å². The molecule has 1 nitrogen and oxygen atoms in total. The Morgan fingerprint density at radius 1 is 0.636 bits per heavy atom. The van der Waals surface area contributed by atoms with Crippen LogP contribution in [0, 0.1) is 6.92 Å². The second kappa shape index (κ2) is 7.06. The lowest BCUT2D eigenvalue weighted by atomic mass is 9.99. The first-order chi connectivity index (χ1) is 10.8. The summed E-state index contributed by atoms with van der Waals surface area (Å²) >= 11 is 0. The zero-order chi connectivity index (χ0) is 15.2. The molecule has 110 valence electrons. The second-order valence-corrected chi connectivity index (χ2v) is 5.55. The Labute approximate surface area is 132 Å². The van der Waals surface area contributed by atoms with Crippen molar-refractivity contribution < 1.29 is 0 Å². The van der Waals surface area contributed by atoms with Crippen LogP contribution in [0.4, 0.5) is 0 Å². The van der Waals surface area contributed by atoms with Crippen LogP contribution in [0.25, 0.3) is 11.1 Å². The molecule has 1 heteroatoms. The lowest BCUT2D eigenvalue weighted by Crippen LogP contribution is -2.14. The van der Waals surface area contributed by atoms with Crippen LogP contribution in [-0.2, 0) is 13.1 Å². The molecule has 0 atom stereocenters. The van der Waals surface area contributed by atoms with Gasteiger partial charge in [-0.1, -0.05) is 78.9 Å². The third kappa shape index (κ3) is 3.44. The fourth-order valence-electron chi connectivity index (χ4n) is 2.71. The van der Waals surface area contributed by atoms with Gasteiger partial charge in [0.2, 0.25) is 0 Å². The van der Waals surface area contributed by atoms with Crippen molar-refractivity contribution in [3.8, 4) is 11.1 Å². The average Bonchev–Trinajstić information content (AvgIpc) is 2.58. The van der Waals surface area contributed by atoms with Crippen molar-refractivity contribution in [3.63, 3.8) is 0 Å². The number of aryl methyl sites for hydroxylation is 1. The van der Waals surface area contributed by atoms with Crippen LogP contribution < -0.4 is 5.32 Å². The average molecular weight is 287 g/mol. The predicted octanol–water partition coefficient (Wildman–Crippen LogP) is 4.95. The molecule has 0 aliphatic carbocycles. The van der Waals surface area contributed by atoms with Crippen molar-refractivity contribution in [2.75, 3.05) is 0 Å². The van der Waals surface area contributed by atoms with Crippen molar-refractivity contribution in [1.29, 1.82) is 0 Å². The number of hydrogen-bond donors (Lipinski definition) is 1. The van der Waals surface area contributed by atoms with E-state index in [4.69, 9.17) is 0 Å². The molecule has 3 rings (SSSR count). The molecule has 0 aromatic heterocycles. The Bertz CT molecular complexity index is 732. The molecule has 0 saturated carbocycles. The summed E-state index contributed by atoms with van der Waals surface area (Å²) in [4.78, 5) is 0. The summed E-state index contributed by atoms with van der Waals surface area (Å²) in [6, 6.07) is 27.7. The summed E-state index contributed by atoms with van der Waals surface area (Å²) in [7, 11) is 0. The summed E-state index contributed by atoms with van der Waals surface area (Å²) in [5.74, 6) is 0. The van der Waals surface area contributed by atoms with E-state index >= 15 is 0 Å². The van der Waals surface area contributed by atoms with Crippen LogP contribution in [0.15, 0.2) is 78.9 Å². The lowest BCUT2D eigenvalue weighted by Gasteiger charge is -2.12. The minimum Gasteiger partial charge on any atom is -0.309 e. The van der Waals surface area contributed by atoms with Crippen LogP contribution >= 0.6 is 0 Å². The maximum absolute atomic E-state index is 3.57. The molecule has 0 aliphatic rings. The Morgan fingerprint density at radius 3 is 2.00 bits per heavy atom. The van der Waals surface area contributed by atoms with E-state index < -0.39 is 0 Å². The normalized spacial score (nSPS) is 10.6. The van der Waals surface area contributed by atoms with Gasteiger partial charge < -0.3 is 5.32 Å². The molecule has 0 heterocycles. The van der Waals surface area contributed by atoms with E-state index in [0.717, 1.165) is 13.1 Å². The van der Waals surface area contributed by atoms with Gasteiger partial charge in [0.05, 0.1) is 0 Å². The van der Waals surface area contributed by atoms with Crippen molar-refractivity contribution in [2.45, 2.75) is 20.0 Å². The number of benzene rings is 3. The van der Waals surface area contributed by atoms with Gasteiger partial charge in [-0.05, 0) is 34.7 Å². The van der Waals surface area contributed by atoms with E-state index in [9.17, 15) is 0 Å². The summed E-state index contributed by atoms with van der Waals surface area (Å²) in [6.45, 7) is 3.93. The van der Waals surface area contributed by atoms with Gasteiger partial charge >= 0.3 is 0 Å². The first-order valence-electron chi connectivity index (χ1n) is 7.73. The van der Waals surface area contributed by atoms with Gasteiger partial charge in [-0.15, -0.1) is 0 Å². The molecule has 0 aliphatic heterocycles. The Kier molecular flexibility index (Phi) is 4.67. The topological polar surface area (TPSA) is 12.0 Å². The van der Waals surface area contributed by atoms with Crippen LogP contribution in [0.3, 0.4) is 0 Å². The molecule has 3 aromatic rings. The third-order valence-electron chi connectivity index (χ3n) is 3.99. The highest BCUT2D eigenvalue weighted by Crippen LogP contribution is 2.23. The molecule has 0 radical (unpaired) electrons. The highest BCUT2D eigenvalue weighted by molar-refractivity contribution is 5.67. The zero-order valence-corrected chi connectivity index (χ0v) is 12.9. The van der Waals surface area contributed by atoms with E-state index in [0.29, 0.717) is 0 Å². The van der Waals surface area contributed by atoms with Gasteiger partial charge in [0, 0.05) is 13.1 Å². The minimum atomic E-state index is 0.874. The van der Waals surface area contributed by atoms with Gasteiger partial charge in [-0.3, -0.25) is 0 Å². The molecule has 0 spiro atoms. The summed E-state index contributed by atoms with van der Waals surface area (Å²) in [5.41, 5.74) is 6.62. The largest absolute Gasteiger partial charge is 0.309 e. The van der Waals surface area contributed by atoms with Gasteiger partial charge in [-0.2, -0.15) is 0 Å². The number of nitrogens with one attached hydrogen (secondary N) is 1. The van der Waals surface area contributed by atoms with Crippen molar-refractivity contribution in [3.05, 3.63) is 95.6 Å². The highest BCUT2D eigenvalue weighted by atomic mass is 14.8. The summed E-state index contributed by atoms with van der Waals surface area (Å²) in [5, 5.41) is 3.57. The molecule has 22 heavy (non-hydrogen) atoms. The monoisotopic (exact) mass is 287 g/mol. The standard InChI is InChI=1S/C21H21N/c1-17-9-5-6-12-19(17)15-22-16-20-13-7-8-14-21(20)18-10-3-2-4-11-18/h2-14,22H,15-16H2,1H3. The smallest absolute Gasteiger partial charge is 0.0214 e. The SMILES string of the molecule is Cc1ccccc1CNCc1ccccc1-c1ccccc1. The van der Waals surface area contributed by atoms with Crippen LogP contribution in [0.2, 0.25) is 0 Å². The van der Waals surface area contributed by atoms with Crippen molar-refractivity contribution in [1.82, 2.24) is 5.32 Å². The molecular weight excluding hydrogens is 266 g/mol. The molecule has 1 N–H and O–H groups in total. The van der Waals surface area contributed by atoms with E-state index in [2.05, 4.69) is 91.1 Å². The van der Waals surface area contributed by atoms with Crippen molar-refractivity contribution in [2.24, 2.45) is 0 Å². The van der Waals surface area contributed by atoms with Crippen LogP contribution in [0.1, 0.15) is 16.7 Å². The molecular formula is C21H21N. The molecule has 0 saturated heterocycles. The maximum atomic E-state index is 3.57. The molecule has 0 fully saturated rings. The van der Waals surface area contributed by atoms with E-state index in [1.54, 1.807) is 0 Å². The second-order valence-electron chi connectivity index (χ2n) is 5.55. The van der Waals surface area contributed by atoms with Gasteiger partial charge in [0.15, 0.2) is 0 Å². The molecule has 0 bridgehead atoms. The summed E-state index contributed by atoms with van der Waals surface area (Å²) in [6.07, 6.45) is 0. The van der Waals surface area contributed by atoms with Gasteiger partial charge in [0.1, 0.15) is 0 Å². The Hall–Kier alpha value is -2.38. The van der Waals surface area contributed by atoms with E-state index in [1.807, 2.05) is 0 Å². The Balaban J connectivity index is 1.72. The quantitative estimate of drug-likeness (QED) is 0.700. The maximum Gasteiger partial charge on any atom is 0.0214 e. The van der Waals surface area contributed by atoms with Crippen LogP contribution in [0.5, 0.6) is 0 Å². The molecule has 3 aromatic carbocycles. The first-order valence-corrected chi connectivity index (χ1v) is 7.73. The predicted molar refractivity (Wildman–Crippen MR) is 93.6 cm³/mol. The van der Waals surface area contributed by atoms with Crippen molar-refractivity contribution >= 4 is 0 Å². The van der Waals surface area contributed by atoms with Crippen LogP contribution in [-0.4, -0.2) is 0 Å². The number of rotatable bonds is 5. The fourth-order valence-corrected chi connectivity index (χ4v) is 2.71. The first kappa shape index (κ1) is 14.6. The fraction of sp³-hybridized carbons (Fsp3) is 0.143. The lowest BCUT2D eigenvalue weighted by molar-refractivity contribution is 0.691. The van der Waals surface area contributed by atoms with Gasteiger partial charge in [-0.25, -0.2) is 0 Å². The number of hydrogen-bond acceptors (Lipinski definition) is 1. The molecule has 0 amide bonds. The minimum absolute atomic E-state index is 0.874.